The minimum Gasteiger partial charge on any atom is -0.324 e. The summed E-state index contributed by atoms with van der Waals surface area (Å²) in [5.41, 5.74) is 9.07. The summed E-state index contributed by atoms with van der Waals surface area (Å²) in [5.74, 6) is 2.10. The number of para-hydroxylation sites is 1. The van der Waals surface area contributed by atoms with Gasteiger partial charge in [0.1, 0.15) is 11.7 Å². The van der Waals surface area contributed by atoms with Crippen molar-refractivity contribution in [3.05, 3.63) is 180 Å². The van der Waals surface area contributed by atoms with Crippen LogP contribution < -0.4 is 5.32 Å². The molecule has 0 saturated carbocycles. The number of hydrogen-bond acceptors (Lipinski definition) is 4. The molecule has 2 unspecified atom stereocenters. The van der Waals surface area contributed by atoms with Crippen molar-refractivity contribution in [1.82, 2.24) is 10.3 Å². The molecule has 0 saturated heterocycles. The van der Waals surface area contributed by atoms with Crippen LogP contribution in [0.3, 0.4) is 0 Å². The fourth-order valence-corrected chi connectivity index (χ4v) is 7.91. The predicted octanol–water partition coefficient (Wildman–Crippen LogP) is 11.1. The molecule has 0 bridgehead atoms. The monoisotopic (exact) mass is 654 g/mol. The highest BCUT2D eigenvalue weighted by atomic mass is 15.2. The molecule has 0 fully saturated rings. The molecular formula is C47H34N4. The Morgan fingerprint density at radius 2 is 1.22 bits per heavy atom. The second-order valence-electron chi connectivity index (χ2n) is 13.8. The van der Waals surface area contributed by atoms with E-state index in [0.29, 0.717) is 5.92 Å². The Bertz CT molecular complexity index is 2770. The number of nitrogens with zero attached hydrogens (tertiary/aromatic N) is 3. The van der Waals surface area contributed by atoms with Crippen LogP contribution in [-0.4, -0.2) is 16.7 Å². The SMILES string of the molecule is CC1C=Cc2c(c(C3=NC(c4cc5ccccc5c5ccccc45)N=C(c4ccc(-c5cnc6ccccc6c5)cc4)N3)cc3ccccc23)C1. The molecule has 2 atom stereocenters. The molecule has 1 N–H and O–H groups in total. The number of allylic oxidation sites excluding steroid dienone is 1. The number of amidine groups is 2. The van der Waals surface area contributed by atoms with Crippen LogP contribution >= 0.6 is 0 Å². The van der Waals surface area contributed by atoms with Crippen molar-refractivity contribution < 1.29 is 0 Å². The first-order valence-corrected chi connectivity index (χ1v) is 17.7. The number of rotatable bonds is 4. The molecule has 2 heterocycles. The van der Waals surface area contributed by atoms with Gasteiger partial charge in [-0.3, -0.25) is 4.98 Å². The van der Waals surface area contributed by atoms with Gasteiger partial charge in [0.15, 0.2) is 6.17 Å². The van der Waals surface area contributed by atoms with E-state index >= 15 is 0 Å². The Kier molecular flexibility index (Phi) is 6.88. The number of nitrogens with one attached hydrogen (secondary N) is 1. The van der Waals surface area contributed by atoms with Gasteiger partial charge in [-0.1, -0.05) is 134 Å². The maximum absolute atomic E-state index is 5.47. The van der Waals surface area contributed by atoms with Gasteiger partial charge in [-0.25, -0.2) is 9.98 Å². The normalized spacial score (nSPS) is 17.0. The number of fused-ring (bicyclic) bond motifs is 7. The smallest absolute Gasteiger partial charge is 0.170 e. The van der Waals surface area contributed by atoms with Crippen molar-refractivity contribution in [2.75, 3.05) is 0 Å². The van der Waals surface area contributed by atoms with E-state index in [9.17, 15) is 0 Å². The van der Waals surface area contributed by atoms with E-state index < -0.39 is 6.17 Å². The van der Waals surface area contributed by atoms with Crippen molar-refractivity contribution in [2.24, 2.45) is 15.9 Å². The Morgan fingerprint density at radius 3 is 2.04 bits per heavy atom. The zero-order valence-electron chi connectivity index (χ0n) is 28.2. The van der Waals surface area contributed by atoms with Crippen LogP contribution in [0.15, 0.2) is 162 Å². The molecule has 0 spiro atoms. The van der Waals surface area contributed by atoms with Crippen LogP contribution in [0.2, 0.25) is 0 Å². The number of hydrogen-bond donors (Lipinski definition) is 1. The van der Waals surface area contributed by atoms with E-state index in [1.807, 2.05) is 18.3 Å². The summed E-state index contributed by atoms with van der Waals surface area (Å²) in [4.78, 5) is 15.6. The van der Waals surface area contributed by atoms with Gasteiger partial charge in [-0.2, -0.15) is 0 Å². The Hall–Kier alpha value is -6.39. The average Bonchev–Trinajstić information content (AvgIpc) is 3.20. The number of pyridine rings is 1. The van der Waals surface area contributed by atoms with Crippen LogP contribution in [0.25, 0.3) is 60.4 Å². The molecule has 10 rings (SSSR count). The lowest BCUT2D eigenvalue weighted by molar-refractivity contribution is 0.715. The highest BCUT2D eigenvalue weighted by Crippen LogP contribution is 2.38. The summed E-state index contributed by atoms with van der Waals surface area (Å²) < 4.78 is 0. The van der Waals surface area contributed by atoms with E-state index in [1.165, 1.54) is 43.4 Å². The largest absolute Gasteiger partial charge is 0.324 e. The number of aromatic nitrogens is 1. The quantitative estimate of drug-likeness (QED) is 0.192. The molecule has 242 valence electrons. The lowest BCUT2D eigenvalue weighted by Gasteiger charge is -2.27. The van der Waals surface area contributed by atoms with Gasteiger partial charge >= 0.3 is 0 Å². The Morgan fingerprint density at radius 1 is 0.569 bits per heavy atom. The van der Waals surface area contributed by atoms with Gasteiger partial charge < -0.3 is 5.32 Å². The highest BCUT2D eigenvalue weighted by Gasteiger charge is 2.27. The molecule has 4 nitrogen and oxygen atoms in total. The molecule has 8 aromatic rings. The standard InChI is InChI=1S/C47H34N4/c1-29-18-23-40-37-14-6-3-11-33(37)27-43(41(40)24-29)47-50-45(31-21-19-30(20-22-31)35-25-34-12-4-9-17-44(34)48-28-35)49-46(51-47)42-26-32-10-2-5-13-36(32)38-15-7-8-16-39(38)42/h2-23,25-29,46H,24H2,1H3,(H,49,50,51). The lowest BCUT2D eigenvalue weighted by Crippen LogP contribution is -2.37. The maximum atomic E-state index is 5.47. The van der Waals surface area contributed by atoms with Crippen LogP contribution in [0, 0.1) is 5.92 Å². The van der Waals surface area contributed by atoms with Crippen LogP contribution in [0.1, 0.15) is 40.9 Å². The Balaban J connectivity index is 1.15. The summed E-state index contributed by atoms with van der Waals surface area (Å²) in [7, 11) is 0. The van der Waals surface area contributed by atoms with Crippen LogP contribution in [-0.2, 0) is 6.42 Å². The summed E-state index contributed by atoms with van der Waals surface area (Å²) in [6.07, 6.45) is 7.11. The third-order valence-electron chi connectivity index (χ3n) is 10.5. The molecule has 51 heavy (non-hydrogen) atoms. The fourth-order valence-electron chi connectivity index (χ4n) is 7.91. The molecule has 2 aliphatic rings. The summed E-state index contributed by atoms with van der Waals surface area (Å²) in [5, 5.41) is 12.2. The first kappa shape index (κ1) is 29.5. The van der Waals surface area contributed by atoms with E-state index in [1.54, 1.807) is 0 Å². The first-order valence-electron chi connectivity index (χ1n) is 17.7. The number of benzene rings is 7. The van der Waals surface area contributed by atoms with Gasteiger partial charge in [-0.05, 0) is 85.6 Å². The van der Waals surface area contributed by atoms with E-state index in [0.717, 1.165) is 56.8 Å². The summed E-state index contributed by atoms with van der Waals surface area (Å²) in [6.45, 7) is 2.29. The molecule has 1 aromatic heterocycles. The third-order valence-corrected chi connectivity index (χ3v) is 10.5. The van der Waals surface area contributed by atoms with Gasteiger partial charge in [0.25, 0.3) is 0 Å². The lowest BCUT2D eigenvalue weighted by atomic mass is 9.84. The zero-order valence-corrected chi connectivity index (χ0v) is 28.2. The van der Waals surface area contributed by atoms with Crippen molar-refractivity contribution in [3.8, 4) is 11.1 Å². The zero-order chi connectivity index (χ0) is 33.9. The fraction of sp³-hybridized carbons (Fsp3) is 0.0851. The molecule has 1 aliphatic carbocycles. The van der Waals surface area contributed by atoms with E-state index in [4.69, 9.17) is 15.0 Å². The van der Waals surface area contributed by atoms with E-state index in [2.05, 4.69) is 152 Å². The average molecular weight is 655 g/mol. The molecule has 1 aliphatic heterocycles. The van der Waals surface area contributed by atoms with Crippen LogP contribution in [0.5, 0.6) is 0 Å². The number of aliphatic imine (C=N–C) groups is 2. The van der Waals surface area contributed by atoms with Crippen LogP contribution in [0.4, 0.5) is 0 Å². The molecule has 0 amide bonds. The van der Waals surface area contributed by atoms with Crippen molar-refractivity contribution in [2.45, 2.75) is 19.5 Å². The maximum Gasteiger partial charge on any atom is 0.170 e. The van der Waals surface area contributed by atoms with Gasteiger partial charge in [0.05, 0.1) is 5.52 Å². The Labute approximate surface area is 296 Å². The molecule has 0 radical (unpaired) electrons. The summed E-state index contributed by atoms with van der Waals surface area (Å²) >= 11 is 0. The minimum atomic E-state index is -0.436. The molecule has 4 heteroatoms. The molecule has 7 aromatic carbocycles. The van der Waals surface area contributed by atoms with Gasteiger partial charge in [0, 0.05) is 33.8 Å². The third kappa shape index (κ3) is 5.11. The topological polar surface area (TPSA) is 49.6 Å². The van der Waals surface area contributed by atoms with Crippen molar-refractivity contribution in [3.63, 3.8) is 0 Å². The van der Waals surface area contributed by atoms with Crippen molar-refractivity contribution in [1.29, 1.82) is 0 Å². The van der Waals surface area contributed by atoms with Gasteiger partial charge in [-0.15, -0.1) is 0 Å². The van der Waals surface area contributed by atoms with E-state index in [-0.39, 0.29) is 0 Å². The second kappa shape index (κ2) is 11.9. The second-order valence-corrected chi connectivity index (χ2v) is 13.8. The molecular weight excluding hydrogens is 621 g/mol. The highest BCUT2D eigenvalue weighted by molar-refractivity contribution is 6.18. The minimum absolute atomic E-state index is 0.436. The first-order chi connectivity index (χ1) is 25.2. The predicted molar refractivity (Wildman–Crippen MR) is 213 cm³/mol. The van der Waals surface area contributed by atoms with Gasteiger partial charge in [0.2, 0.25) is 0 Å². The van der Waals surface area contributed by atoms with Crippen molar-refractivity contribution >= 4 is 61.0 Å². The summed E-state index contributed by atoms with van der Waals surface area (Å²) in [6, 6.07) is 49.7.